The number of benzene rings is 5. The van der Waals surface area contributed by atoms with Crippen LogP contribution in [0.3, 0.4) is 0 Å². The Bertz CT molecular complexity index is 2020. The molecule has 3 nitrogen and oxygen atoms in total. The van der Waals surface area contributed by atoms with Crippen LogP contribution in [0.2, 0.25) is 0 Å². The van der Waals surface area contributed by atoms with Crippen molar-refractivity contribution in [3.05, 3.63) is 235 Å². The van der Waals surface area contributed by atoms with Crippen LogP contribution < -0.4 is 0 Å². The number of pyridine rings is 3. The number of aromatic nitrogens is 3. The third-order valence-corrected chi connectivity index (χ3v) is 8.03. The molecule has 0 amide bonds. The van der Waals surface area contributed by atoms with Gasteiger partial charge in [0.15, 0.2) is 0 Å². The number of allylic oxidation sites excluding steroid dienone is 4. The first-order valence-electron chi connectivity index (χ1n) is 27.0. The monoisotopic (exact) mass is 950 g/mol. The zero-order valence-electron chi connectivity index (χ0n) is 50.4. The van der Waals surface area contributed by atoms with E-state index in [1.807, 2.05) is 242 Å². The van der Waals surface area contributed by atoms with E-state index in [0.717, 1.165) is 27.8 Å². The van der Waals surface area contributed by atoms with Crippen LogP contribution in [0.25, 0.3) is 32.8 Å². The van der Waals surface area contributed by atoms with Crippen LogP contribution in [-0.4, -0.2) is 15.0 Å². The molecule has 0 radical (unpaired) electrons. The average molecular weight is 951 g/mol. The van der Waals surface area contributed by atoms with E-state index >= 15 is 0 Å². The average Bonchev–Trinajstić information content (AvgIpc) is 3.48. The highest BCUT2D eigenvalue weighted by atomic mass is 14.6. The first kappa shape index (κ1) is 70.1. The Labute approximate surface area is 436 Å². The van der Waals surface area contributed by atoms with Gasteiger partial charge in [0, 0.05) is 36.4 Å². The van der Waals surface area contributed by atoms with Gasteiger partial charge in [-0.3, -0.25) is 15.0 Å². The molecule has 0 saturated heterocycles. The lowest BCUT2D eigenvalue weighted by Crippen LogP contribution is -1.77. The van der Waals surface area contributed by atoms with Crippen molar-refractivity contribution in [3.63, 3.8) is 0 Å². The van der Waals surface area contributed by atoms with Crippen molar-refractivity contribution in [2.45, 2.75) is 152 Å². The Hall–Kier alpha value is -6.45. The summed E-state index contributed by atoms with van der Waals surface area (Å²) in [5.74, 6) is 0. The van der Waals surface area contributed by atoms with E-state index in [1.165, 1.54) is 27.3 Å². The van der Waals surface area contributed by atoms with Gasteiger partial charge >= 0.3 is 0 Å². The lowest BCUT2D eigenvalue weighted by atomic mass is 10.1. The van der Waals surface area contributed by atoms with Crippen molar-refractivity contribution >= 4 is 32.8 Å². The van der Waals surface area contributed by atoms with Gasteiger partial charge in [-0.1, -0.05) is 262 Å². The van der Waals surface area contributed by atoms with Crippen LogP contribution in [-0.2, 0) is 0 Å². The van der Waals surface area contributed by atoms with Crippen LogP contribution >= 0.6 is 0 Å². The molecular formula is C67H101N3. The Balaban J connectivity index is -0.000000172. The number of para-hydroxylation sites is 1. The largest absolute Gasteiger partial charge is 0.265 e. The maximum absolute atomic E-state index is 7.40. The number of nitrogens with zero attached hydrogens (tertiary/aromatic N) is 3. The predicted molar refractivity (Wildman–Crippen MR) is 326 cm³/mol. The van der Waals surface area contributed by atoms with Crippen LogP contribution in [0.15, 0.2) is 213 Å². The van der Waals surface area contributed by atoms with Crippen molar-refractivity contribution in [1.82, 2.24) is 15.0 Å². The fourth-order valence-corrected chi connectivity index (χ4v) is 4.69. The van der Waals surface area contributed by atoms with Gasteiger partial charge in [-0.15, -0.1) is 0 Å². The number of fused-ring (bicyclic) bond motifs is 2. The summed E-state index contributed by atoms with van der Waals surface area (Å²) < 4.78 is 14.8. The summed E-state index contributed by atoms with van der Waals surface area (Å²) in [7, 11) is 0. The Kier molecular flexibility index (Phi) is 62.7. The number of hydrogen-bond acceptors (Lipinski definition) is 3. The summed E-state index contributed by atoms with van der Waals surface area (Å²) in [5.41, 5.74) is 7.91. The molecule has 0 N–H and O–H groups in total. The summed E-state index contributed by atoms with van der Waals surface area (Å²) in [6.07, 6.45) is 8.86. The summed E-state index contributed by atoms with van der Waals surface area (Å²) in [6.45, 7) is 43.6. The van der Waals surface area contributed by atoms with Gasteiger partial charge in [0.05, 0.1) is 8.26 Å². The molecule has 0 aliphatic carbocycles. The number of hydrogen-bond donors (Lipinski definition) is 0. The number of rotatable bonds is 2. The molecule has 0 saturated carbocycles. The van der Waals surface area contributed by atoms with Gasteiger partial charge in [0.2, 0.25) is 0 Å². The zero-order chi connectivity index (χ0) is 56.4. The highest BCUT2D eigenvalue weighted by molar-refractivity contribution is 5.82. The molecule has 8 rings (SSSR count). The molecule has 0 unspecified atom stereocenters. The van der Waals surface area contributed by atoms with Crippen LogP contribution in [0.1, 0.15) is 163 Å². The predicted octanol–water partition coefficient (Wildman–Crippen LogP) is 22.3. The molecule has 0 bridgehead atoms. The van der Waals surface area contributed by atoms with Gasteiger partial charge in [0.25, 0.3) is 0 Å². The van der Waals surface area contributed by atoms with Crippen molar-refractivity contribution in [1.29, 1.82) is 0 Å². The maximum Gasteiger partial charge on any atom is 0.0701 e. The van der Waals surface area contributed by atoms with E-state index in [0.29, 0.717) is 12.1 Å². The zero-order valence-corrected chi connectivity index (χ0v) is 48.4. The second kappa shape index (κ2) is 62.5. The summed E-state index contributed by atoms with van der Waals surface area (Å²) in [4.78, 5) is 11.9. The molecule has 3 heterocycles. The van der Waals surface area contributed by atoms with E-state index in [9.17, 15) is 0 Å². The third-order valence-electron chi connectivity index (χ3n) is 8.03. The number of aryl methyl sites for hydroxylation is 2. The molecule has 70 heavy (non-hydrogen) atoms. The maximum atomic E-state index is 7.40. The van der Waals surface area contributed by atoms with Crippen molar-refractivity contribution in [2.75, 3.05) is 0 Å². The Morgan fingerprint density at radius 2 is 0.614 bits per heavy atom. The minimum atomic E-state index is 0.608. The van der Waals surface area contributed by atoms with E-state index in [1.54, 1.807) is 31.7 Å². The smallest absolute Gasteiger partial charge is 0.0701 e. The topological polar surface area (TPSA) is 38.7 Å². The SMILES string of the molecule is CC.CC.CC.CC.CC.CC.CC.CC.Cc1ccccc1.Cc1ccncc1.[2H]/C(C)=C(\C)c1ccccc1.[2H]/C(C)=C(\C)c1ccncc1.c1ccc2ccccc2c1.c1ccc2ncccc2c1. The molecule has 384 valence electrons. The Morgan fingerprint density at radius 1 is 0.329 bits per heavy atom. The van der Waals surface area contributed by atoms with Gasteiger partial charge in [0.1, 0.15) is 0 Å². The summed E-state index contributed by atoms with van der Waals surface area (Å²) >= 11 is 0. The van der Waals surface area contributed by atoms with Crippen LogP contribution in [0.5, 0.6) is 0 Å². The van der Waals surface area contributed by atoms with Crippen molar-refractivity contribution in [3.8, 4) is 0 Å². The van der Waals surface area contributed by atoms with Gasteiger partial charge in [-0.25, -0.2) is 0 Å². The molecule has 5 aromatic carbocycles. The minimum Gasteiger partial charge on any atom is -0.265 e. The molecule has 0 fully saturated rings. The highest BCUT2D eigenvalue weighted by Gasteiger charge is 1.91. The molecule has 3 heteroatoms. The molecule has 0 aliphatic heterocycles. The normalized spacial score (nSPS) is 9.29. The lowest BCUT2D eigenvalue weighted by molar-refractivity contribution is 1.29. The van der Waals surface area contributed by atoms with Crippen LogP contribution in [0.4, 0.5) is 0 Å². The van der Waals surface area contributed by atoms with Crippen LogP contribution in [0, 0.1) is 13.8 Å². The third kappa shape index (κ3) is 41.7. The van der Waals surface area contributed by atoms with Crippen molar-refractivity contribution < 1.29 is 2.74 Å². The first-order chi connectivity index (χ1) is 35.2. The quantitative estimate of drug-likeness (QED) is 0.173. The van der Waals surface area contributed by atoms with E-state index in [2.05, 4.69) is 94.7 Å². The standard InChI is InChI=1S/C10H8.C10H12.C9H7N.C9H11N.C7H8.C6H7N.8C2H6/c1-2-6-10-8-4-3-7-9(10)5-1;1-3-9(2)10-7-5-4-6-8-10;1-2-6-9-8(4-1)5-3-7-10-9;1-3-8(2)9-4-6-10-7-5-9;1-7-5-3-2-4-6-7;1-6-2-4-7-5-3-6;8*1-2/h1-8H;3-8H,1-2H3;1-7H;3-7H,1-2H3;2-6H,1H3;2-5H,1H3;8*1-2H3/b;9-3-;;8-3-;;;;;;;;;;/i;3D;;3D;;;;;;;;;;. The van der Waals surface area contributed by atoms with E-state index < -0.39 is 0 Å². The minimum absolute atomic E-state index is 0.608. The first-order valence-corrected chi connectivity index (χ1v) is 26.0. The molecule has 0 spiro atoms. The molecule has 8 aromatic rings. The van der Waals surface area contributed by atoms with Gasteiger partial charge in [-0.2, -0.15) is 0 Å². The molecule has 0 atom stereocenters. The van der Waals surface area contributed by atoms with Gasteiger partial charge < -0.3 is 0 Å². The van der Waals surface area contributed by atoms with Crippen molar-refractivity contribution in [2.24, 2.45) is 0 Å². The van der Waals surface area contributed by atoms with Gasteiger partial charge in [-0.05, 0) is 117 Å². The molecular weight excluding hydrogens is 847 g/mol. The Morgan fingerprint density at radius 3 is 0.929 bits per heavy atom. The van der Waals surface area contributed by atoms with E-state index in [-0.39, 0.29) is 0 Å². The molecule has 0 aliphatic rings. The summed E-state index contributed by atoms with van der Waals surface area (Å²) in [6, 6.07) is 58.1. The fraction of sp³-hybridized carbons (Fsp3) is 0.328. The van der Waals surface area contributed by atoms with E-state index in [4.69, 9.17) is 2.74 Å². The highest BCUT2D eigenvalue weighted by Crippen LogP contribution is 2.13. The fourth-order valence-electron chi connectivity index (χ4n) is 4.69. The second-order valence-electron chi connectivity index (χ2n) is 12.1. The molecule has 3 aromatic heterocycles. The second-order valence-corrected chi connectivity index (χ2v) is 12.1. The summed E-state index contributed by atoms with van der Waals surface area (Å²) in [5, 5.41) is 3.82. The lowest BCUT2D eigenvalue weighted by Gasteiger charge is -1.97.